The zero-order valence-corrected chi connectivity index (χ0v) is 11.6. The van der Waals surface area contributed by atoms with Crippen molar-refractivity contribution in [2.45, 2.75) is 32.7 Å². The first-order valence-corrected chi connectivity index (χ1v) is 6.49. The van der Waals surface area contributed by atoms with Crippen LogP contribution in [0.5, 0.6) is 0 Å². The van der Waals surface area contributed by atoms with Gasteiger partial charge in [-0.25, -0.2) is 4.98 Å². The van der Waals surface area contributed by atoms with Crippen LogP contribution in [0.3, 0.4) is 0 Å². The van der Waals surface area contributed by atoms with E-state index in [2.05, 4.69) is 27.5 Å². The molecular weight excluding hydrogens is 240 g/mol. The molecule has 1 atom stereocenters. The van der Waals surface area contributed by atoms with Gasteiger partial charge in [0.1, 0.15) is 11.6 Å². The second-order valence-corrected chi connectivity index (χ2v) is 4.63. The molecule has 19 heavy (non-hydrogen) atoms. The zero-order chi connectivity index (χ0) is 13.7. The van der Waals surface area contributed by atoms with Crippen molar-refractivity contribution < 1.29 is 4.42 Å². The molecule has 102 valence electrons. The summed E-state index contributed by atoms with van der Waals surface area (Å²) in [6.07, 6.45) is 3.62. The summed E-state index contributed by atoms with van der Waals surface area (Å²) in [5.74, 6) is 2.51. The van der Waals surface area contributed by atoms with E-state index in [9.17, 15) is 0 Å². The Kier molecular flexibility index (Phi) is 4.39. The molecule has 2 heterocycles. The average molecular weight is 260 g/mol. The standard InChI is InChI=1S/C14H20N4O/c1-10(6-7-12-5-4-8-19-12)16-13-9-11(2)17-14(15-3)18-13/h4-5,8-10H,6-7H2,1-3H3,(H2,15,16,17,18). The van der Waals surface area contributed by atoms with Crippen molar-refractivity contribution in [1.29, 1.82) is 0 Å². The van der Waals surface area contributed by atoms with Crippen molar-refractivity contribution in [2.24, 2.45) is 0 Å². The SMILES string of the molecule is CNc1nc(C)cc(NC(C)CCc2ccco2)n1. The molecule has 2 rings (SSSR count). The van der Waals surface area contributed by atoms with Gasteiger partial charge in [-0.05, 0) is 32.4 Å². The predicted molar refractivity (Wildman–Crippen MR) is 76.4 cm³/mol. The van der Waals surface area contributed by atoms with Gasteiger partial charge in [0.15, 0.2) is 0 Å². The molecule has 0 radical (unpaired) electrons. The van der Waals surface area contributed by atoms with E-state index in [4.69, 9.17) is 4.42 Å². The zero-order valence-electron chi connectivity index (χ0n) is 11.6. The Morgan fingerprint density at radius 2 is 2.21 bits per heavy atom. The molecule has 5 nitrogen and oxygen atoms in total. The van der Waals surface area contributed by atoms with Crippen LogP contribution < -0.4 is 10.6 Å². The maximum atomic E-state index is 5.33. The number of aryl methyl sites for hydroxylation is 2. The Hall–Kier alpha value is -2.04. The molecule has 0 aromatic carbocycles. The van der Waals surface area contributed by atoms with Crippen LogP contribution in [0, 0.1) is 6.92 Å². The van der Waals surface area contributed by atoms with Gasteiger partial charge in [0, 0.05) is 31.3 Å². The molecule has 0 amide bonds. The van der Waals surface area contributed by atoms with Crippen molar-refractivity contribution in [3.63, 3.8) is 0 Å². The number of aromatic nitrogens is 2. The molecule has 0 aliphatic carbocycles. The summed E-state index contributed by atoms with van der Waals surface area (Å²) in [5, 5.41) is 6.35. The van der Waals surface area contributed by atoms with Crippen LogP contribution in [-0.2, 0) is 6.42 Å². The van der Waals surface area contributed by atoms with Crippen LogP contribution in [0.2, 0.25) is 0 Å². The van der Waals surface area contributed by atoms with Crippen LogP contribution in [-0.4, -0.2) is 23.1 Å². The third-order valence-electron chi connectivity index (χ3n) is 2.88. The Bertz CT molecular complexity index is 510. The van der Waals surface area contributed by atoms with Crippen LogP contribution in [0.4, 0.5) is 11.8 Å². The van der Waals surface area contributed by atoms with Crippen molar-refractivity contribution in [3.8, 4) is 0 Å². The maximum absolute atomic E-state index is 5.33. The van der Waals surface area contributed by atoms with Crippen molar-refractivity contribution >= 4 is 11.8 Å². The Labute approximate surface area is 113 Å². The highest BCUT2D eigenvalue weighted by molar-refractivity contribution is 5.42. The van der Waals surface area contributed by atoms with E-state index in [0.717, 1.165) is 30.1 Å². The van der Waals surface area contributed by atoms with Crippen molar-refractivity contribution in [3.05, 3.63) is 35.9 Å². The summed E-state index contributed by atoms with van der Waals surface area (Å²) in [4.78, 5) is 8.65. The molecule has 0 saturated carbocycles. The Morgan fingerprint density at radius 3 is 2.89 bits per heavy atom. The minimum atomic E-state index is 0.323. The number of nitrogens with zero attached hydrogens (tertiary/aromatic N) is 2. The number of nitrogens with one attached hydrogen (secondary N) is 2. The fourth-order valence-electron chi connectivity index (χ4n) is 1.89. The Morgan fingerprint density at radius 1 is 1.37 bits per heavy atom. The van der Waals surface area contributed by atoms with Gasteiger partial charge in [0.2, 0.25) is 5.95 Å². The summed E-state index contributed by atoms with van der Waals surface area (Å²) in [6, 6.07) is 6.19. The second kappa shape index (κ2) is 6.22. The number of hydrogen-bond donors (Lipinski definition) is 2. The number of anilines is 2. The third kappa shape index (κ3) is 3.98. The van der Waals surface area contributed by atoms with Gasteiger partial charge in [-0.2, -0.15) is 4.98 Å². The second-order valence-electron chi connectivity index (χ2n) is 4.63. The molecular formula is C14H20N4O. The highest BCUT2D eigenvalue weighted by Gasteiger charge is 2.07. The minimum absolute atomic E-state index is 0.323. The first-order valence-electron chi connectivity index (χ1n) is 6.49. The lowest BCUT2D eigenvalue weighted by Gasteiger charge is -2.14. The lowest BCUT2D eigenvalue weighted by Crippen LogP contribution is -2.17. The van der Waals surface area contributed by atoms with Gasteiger partial charge in [0.05, 0.1) is 6.26 Å². The maximum Gasteiger partial charge on any atom is 0.224 e. The summed E-state index contributed by atoms with van der Waals surface area (Å²) < 4.78 is 5.33. The molecule has 0 aliphatic heterocycles. The van der Waals surface area contributed by atoms with E-state index >= 15 is 0 Å². The smallest absolute Gasteiger partial charge is 0.224 e. The van der Waals surface area contributed by atoms with E-state index < -0.39 is 0 Å². The fraction of sp³-hybridized carbons (Fsp3) is 0.429. The fourth-order valence-corrected chi connectivity index (χ4v) is 1.89. The molecule has 2 aromatic rings. The van der Waals surface area contributed by atoms with Gasteiger partial charge < -0.3 is 15.1 Å². The molecule has 2 aromatic heterocycles. The molecule has 0 fully saturated rings. The first kappa shape index (κ1) is 13.4. The minimum Gasteiger partial charge on any atom is -0.469 e. The molecule has 2 N–H and O–H groups in total. The Balaban J connectivity index is 1.91. The van der Waals surface area contributed by atoms with Gasteiger partial charge >= 0.3 is 0 Å². The van der Waals surface area contributed by atoms with Gasteiger partial charge in [-0.15, -0.1) is 0 Å². The number of rotatable bonds is 6. The van der Waals surface area contributed by atoms with E-state index in [1.807, 2.05) is 32.2 Å². The number of furan rings is 1. The van der Waals surface area contributed by atoms with Crippen molar-refractivity contribution in [2.75, 3.05) is 17.7 Å². The molecule has 0 spiro atoms. The van der Waals surface area contributed by atoms with E-state index in [-0.39, 0.29) is 0 Å². The van der Waals surface area contributed by atoms with Crippen molar-refractivity contribution in [1.82, 2.24) is 9.97 Å². The van der Waals surface area contributed by atoms with E-state index in [0.29, 0.717) is 12.0 Å². The van der Waals surface area contributed by atoms with Gasteiger partial charge in [-0.1, -0.05) is 0 Å². The number of hydrogen-bond acceptors (Lipinski definition) is 5. The first-order chi connectivity index (χ1) is 9.17. The monoisotopic (exact) mass is 260 g/mol. The third-order valence-corrected chi connectivity index (χ3v) is 2.88. The molecule has 0 bridgehead atoms. The topological polar surface area (TPSA) is 63.0 Å². The van der Waals surface area contributed by atoms with Crippen LogP contribution in [0.25, 0.3) is 0 Å². The molecule has 0 saturated heterocycles. The quantitative estimate of drug-likeness (QED) is 0.836. The van der Waals surface area contributed by atoms with Crippen LogP contribution in [0.15, 0.2) is 28.9 Å². The van der Waals surface area contributed by atoms with Crippen LogP contribution >= 0.6 is 0 Å². The van der Waals surface area contributed by atoms with Gasteiger partial charge in [-0.3, -0.25) is 0 Å². The summed E-state index contributed by atoms with van der Waals surface area (Å²) in [7, 11) is 1.82. The highest BCUT2D eigenvalue weighted by atomic mass is 16.3. The van der Waals surface area contributed by atoms with E-state index in [1.54, 1.807) is 6.26 Å². The molecule has 1 unspecified atom stereocenters. The summed E-state index contributed by atoms with van der Waals surface area (Å²) in [5.41, 5.74) is 0.945. The normalized spacial score (nSPS) is 12.2. The largest absolute Gasteiger partial charge is 0.469 e. The lowest BCUT2D eigenvalue weighted by molar-refractivity contribution is 0.495. The highest BCUT2D eigenvalue weighted by Crippen LogP contribution is 2.13. The van der Waals surface area contributed by atoms with E-state index in [1.165, 1.54) is 0 Å². The summed E-state index contributed by atoms with van der Waals surface area (Å²) in [6.45, 7) is 4.10. The average Bonchev–Trinajstić information content (AvgIpc) is 2.88. The summed E-state index contributed by atoms with van der Waals surface area (Å²) >= 11 is 0. The predicted octanol–water partition coefficient (Wildman–Crippen LogP) is 2.85. The lowest BCUT2D eigenvalue weighted by atomic mass is 10.1. The molecule has 5 heteroatoms. The van der Waals surface area contributed by atoms with Gasteiger partial charge in [0.25, 0.3) is 0 Å². The molecule has 0 aliphatic rings. The van der Waals surface area contributed by atoms with Crippen LogP contribution in [0.1, 0.15) is 24.8 Å².